The Bertz CT molecular complexity index is 690. The van der Waals surface area contributed by atoms with E-state index in [1.54, 1.807) is 11.3 Å². The number of aromatic amines is 1. The summed E-state index contributed by atoms with van der Waals surface area (Å²) in [6.07, 6.45) is 3.89. The van der Waals surface area contributed by atoms with Gasteiger partial charge in [-0.2, -0.15) is 0 Å². The average Bonchev–Trinajstić information content (AvgIpc) is 3.08. The van der Waals surface area contributed by atoms with Crippen molar-refractivity contribution in [3.63, 3.8) is 0 Å². The van der Waals surface area contributed by atoms with Crippen molar-refractivity contribution in [2.75, 3.05) is 24.5 Å². The van der Waals surface area contributed by atoms with Crippen LogP contribution in [0.3, 0.4) is 0 Å². The summed E-state index contributed by atoms with van der Waals surface area (Å²) in [5.41, 5.74) is -0.150. The molecule has 0 bridgehead atoms. The molecule has 1 aliphatic rings. The summed E-state index contributed by atoms with van der Waals surface area (Å²) in [6, 6.07) is 5.62. The molecule has 2 aromatic rings. The van der Waals surface area contributed by atoms with Crippen molar-refractivity contribution in [3.8, 4) is 0 Å². The molecule has 2 N–H and O–H groups in total. The highest BCUT2D eigenvalue weighted by Gasteiger charge is 2.25. The third-order valence-corrected chi connectivity index (χ3v) is 5.04. The molecule has 1 fully saturated rings. The molecular formula is C16H20N4O2S. The van der Waals surface area contributed by atoms with Gasteiger partial charge in [0.05, 0.1) is 6.33 Å². The van der Waals surface area contributed by atoms with Gasteiger partial charge in [-0.15, -0.1) is 11.3 Å². The summed E-state index contributed by atoms with van der Waals surface area (Å²) in [5, 5.41) is 5.08. The summed E-state index contributed by atoms with van der Waals surface area (Å²) in [5.74, 6) is 0.877. The van der Waals surface area contributed by atoms with E-state index < -0.39 is 0 Å². The van der Waals surface area contributed by atoms with Crippen LogP contribution in [0.25, 0.3) is 0 Å². The van der Waals surface area contributed by atoms with Gasteiger partial charge in [0.1, 0.15) is 5.82 Å². The Hall–Kier alpha value is -2.15. The summed E-state index contributed by atoms with van der Waals surface area (Å²) in [7, 11) is 0. The number of rotatable bonds is 5. The van der Waals surface area contributed by atoms with E-state index in [0.29, 0.717) is 12.4 Å². The second kappa shape index (κ2) is 7.41. The van der Waals surface area contributed by atoms with Crippen LogP contribution in [-0.2, 0) is 11.2 Å². The molecule has 122 valence electrons. The zero-order valence-electron chi connectivity index (χ0n) is 12.8. The van der Waals surface area contributed by atoms with Crippen LogP contribution >= 0.6 is 11.3 Å². The molecule has 23 heavy (non-hydrogen) atoms. The minimum Gasteiger partial charge on any atom is -0.356 e. The van der Waals surface area contributed by atoms with Crippen molar-refractivity contribution in [2.24, 2.45) is 5.92 Å². The normalized spacial score (nSPS) is 15.6. The Balaban J connectivity index is 1.44. The first-order valence-electron chi connectivity index (χ1n) is 7.82. The molecule has 0 spiro atoms. The number of carbonyl (C=O) groups excluding carboxylic acids is 1. The zero-order valence-corrected chi connectivity index (χ0v) is 13.6. The highest BCUT2D eigenvalue weighted by Crippen LogP contribution is 2.20. The number of nitrogens with zero attached hydrogens (tertiary/aromatic N) is 2. The fraction of sp³-hybridized carbons (Fsp3) is 0.438. The molecule has 6 nitrogen and oxygen atoms in total. The SMILES string of the molecule is O=C(NCCc1cccs1)C1CCN(c2cc(=O)[nH]cn2)CC1. The molecule has 0 radical (unpaired) electrons. The lowest BCUT2D eigenvalue weighted by molar-refractivity contribution is -0.125. The minimum absolute atomic E-state index is 0.0524. The predicted octanol–water partition coefficient (Wildman–Crippen LogP) is 1.41. The van der Waals surface area contributed by atoms with Gasteiger partial charge >= 0.3 is 0 Å². The van der Waals surface area contributed by atoms with Crippen molar-refractivity contribution in [1.82, 2.24) is 15.3 Å². The van der Waals surface area contributed by atoms with E-state index in [0.717, 1.165) is 32.4 Å². The molecule has 0 atom stereocenters. The molecule has 0 aliphatic carbocycles. The molecule has 1 amide bonds. The van der Waals surface area contributed by atoms with Crippen LogP contribution in [0, 0.1) is 5.92 Å². The van der Waals surface area contributed by atoms with Gasteiger partial charge in [-0.3, -0.25) is 9.59 Å². The monoisotopic (exact) mass is 332 g/mol. The number of nitrogens with one attached hydrogen (secondary N) is 2. The zero-order chi connectivity index (χ0) is 16.1. The third-order valence-electron chi connectivity index (χ3n) is 4.10. The van der Waals surface area contributed by atoms with Gasteiger partial charge in [-0.1, -0.05) is 6.07 Å². The van der Waals surface area contributed by atoms with Crippen LogP contribution in [0.1, 0.15) is 17.7 Å². The van der Waals surface area contributed by atoms with E-state index in [1.807, 2.05) is 6.07 Å². The Morgan fingerprint density at radius 1 is 1.43 bits per heavy atom. The lowest BCUT2D eigenvalue weighted by Crippen LogP contribution is -2.41. The number of amides is 1. The molecule has 2 aromatic heterocycles. The van der Waals surface area contributed by atoms with Gasteiger partial charge in [0.2, 0.25) is 5.91 Å². The maximum Gasteiger partial charge on any atom is 0.252 e. The summed E-state index contributed by atoms with van der Waals surface area (Å²) in [4.78, 5) is 33.6. The first kappa shape index (κ1) is 15.7. The van der Waals surface area contributed by atoms with Crippen molar-refractivity contribution in [3.05, 3.63) is 45.1 Å². The van der Waals surface area contributed by atoms with Crippen molar-refractivity contribution in [1.29, 1.82) is 0 Å². The number of hydrogen-bond donors (Lipinski definition) is 2. The lowest BCUT2D eigenvalue weighted by atomic mass is 9.96. The van der Waals surface area contributed by atoms with Crippen LogP contribution < -0.4 is 15.8 Å². The van der Waals surface area contributed by atoms with Crippen LogP contribution in [0.4, 0.5) is 5.82 Å². The Labute approximate surface area is 138 Å². The van der Waals surface area contributed by atoms with Crippen LogP contribution in [0.5, 0.6) is 0 Å². The number of thiophene rings is 1. The largest absolute Gasteiger partial charge is 0.356 e. The number of H-pyrrole nitrogens is 1. The van der Waals surface area contributed by atoms with Crippen molar-refractivity contribution >= 4 is 23.1 Å². The first-order valence-corrected chi connectivity index (χ1v) is 8.70. The number of carbonyl (C=O) groups is 1. The molecule has 0 saturated carbocycles. The smallest absolute Gasteiger partial charge is 0.252 e. The average molecular weight is 332 g/mol. The third kappa shape index (κ3) is 4.19. The molecule has 3 heterocycles. The summed E-state index contributed by atoms with van der Waals surface area (Å²) >= 11 is 1.72. The van der Waals surface area contributed by atoms with Gasteiger partial charge in [0.25, 0.3) is 5.56 Å². The van der Waals surface area contributed by atoms with Crippen LogP contribution in [0.15, 0.2) is 34.7 Å². The topological polar surface area (TPSA) is 78.1 Å². The van der Waals surface area contributed by atoms with E-state index in [4.69, 9.17) is 0 Å². The molecule has 7 heteroatoms. The molecular weight excluding hydrogens is 312 g/mol. The Morgan fingerprint density at radius 3 is 2.96 bits per heavy atom. The van der Waals surface area contributed by atoms with E-state index in [1.165, 1.54) is 17.3 Å². The highest BCUT2D eigenvalue weighted by molar-refractivity contribution is 7.09. The van der Waals surface area contributed by atoms with E-state index in [9.17, 15) is 9.59 Å². The summed E-state index contributed by atoms with van der Waals surface area (Å²) in [6.45, 7) is 2.19. The molecule has 1 saturated heterocycles. The van der Waals surface area contributed by atoms with Gasteiger partial charge < -0.3 is 15.2 Å². The molecule has 0 aromatic carbocycles. The van der Waals surface area contributed by atoms with Gasteiger partial charge in [-0.25, -0.2) is 4.98 Å². The minimum atomic E-state index is -0.150. The molecule has 1 aliphatic heterocycles. The first-order chi connectivity index (χ1) is 11.2. The summed E-state index contributed by atoms with van der Waals surface area (Å²) < 4.78 is 0. The van der Waals surface area contributed by atoms with Crippen molar-refractivity contribution in [2.45, 2.75) is 19.3 Å². The molecule has 0 unspecified atom stereocenters. The second-order valence-electron chi connectivity index (χ2n) is 5.65. The maximum absolute atomic E-state index is 12.2. The van der Waals surface area contributed by atoms with Gasteiger partial charge in [0, 0.05) is 36.5 Å². The number of piperidine rings is 1. The lowest BCUT2D eigenvalue weighted by Gasteiger charge is -2.31. The maximum atomic E-state index is 12.2. The van der Waals surface area contributed by atoms with E-state index >= 15 is 0 Å². The quantitative estimate of drug-likeness (QED) is 0.868. The highest BCUT2D eigenvalue weighted by atomic mass is 32.1. The number of hydrogen-bond acceptors (Lipinski definition) is 5. The predicted molar refractivity (Wildman–Crippen MR) is 90.8 cm³/mol. The second-order valence-corrected chi connectivity index (χ2v) is 6.68. The van der Waals surface area contributed by atoms with Crippen LogP contribution in [0.2, 0.25) is 0 Å². The van der Waals surface area contributed by atoms with Crippen LogP contribution in [-0.4, -0.2) is 35.5 Å². The Kier molecular flexibility index (Phi) is 5.07. The van der Waals surface area contributed by atoms with E-state index in [-0.39, 0.29) is 17.4 Å². The van der Waals surface area contributed by atoms with E-state index in [2.05, 4.69) is 31.6 Å². The Morgan fingerprint density at radius 2 is 2.26 bits per heavy atom. The van der Waals surface area contributed by atoms with Crippen molar-refractivity contribution < 1.29 is 4.79 Å². The number of anilines is 1. The molecule has 3 rings (SSSR count). The fourth-order valence-corrected chi connectivity index (χ4v) is 3.52. The number of aromatic nitrogens is 2. The standard InChI is InChI=1S/C16H20N4O2S/c21-15-10-14(18-11-19-15)20-7-4-12(5-8-20)16(22)17-6-3-13-2-1-9-23-13/h1-2,9-12H,3-8H2,(H,17,22)(H,18,19,21). The van der Waals surface area contributed by atoms with Gasteiger partial charge in [-0.05, 0) is 30.7 Å². The fourth-order valence-electron chi connectivity index (χ4n) is 2.81. The van der Waals surface area contributed by atoms with Gasteiger partial charge in [0.15, 0.2) is 0 Å².